The molecular formula is C11H10N2O2. The molecule has 76 valence electrons. The molecule has 0 saturated heterocycles. The molecule has 4 heteroatoms. The van der Waals surface area contributed by atoms with Gasteiger partial charge < -0.3 is 10.8 Å². The summed E-state index contributed by atoms with van der Waals surface area (Å²) in [5, 5.41) is 17.2. The molecule has 0 unspecified atom stereocenters. The van der Waals surface area contributed by atoms with E-state index in [-0.39, 0.29) is 12.0 Å². The molecule has 0 fully saturated rings. The van der Waals surface area contributed by atoms with E-state index in [0.717, 1.165) is 0 Å². The fourth-order valence-corrected chi connectivity index (χ4v) is 1.19. The maximum absolute atomic E-state index is 10.9. The minimum Gasteiger partial charge on any atom is -0.478 e. The van der Waals surface area contributed by atoms with E-state index in [4.69, 9.17) is 16.1 Å². The molecule has 0 spiro atoms. The average molecular weight is 202 g/mol. The fourth-order valence-electron chi connectivity index (χ4n) is 1.19. The fraction of sp³-hybridized carbons (Fsp3) is 0.0909. The Balaban J connectivity index is 3.14. The molecule has 0 radical (unpaired) electrons. The minimum atomic E-state index is -1.03. The van der Waals surface area contributed by atoms with E-state index in [1.165, 1.54) is 6.07 Å². The molecular weight excluding hydrogens is 192 g/mol. The second kappa shape index (κ2) is 4.82. The SMILES string of the molecule is N#CCC=Cc1c(N)cccc1C(=O)O. The van der Waals surface area contributed by atoms with Crippen molar-refractivity contribution in [1.29, 1.82) is 5.26 Å². The third-order valence-corrected chi connectivity index (χ3v) is 1.86. The smallest absolute Gasteiger partial charge is 0.336 e. The first kappa shape index (κ1) is 10.8. The summed E-state index contributed by atoms with van der Waals surface area (Å²) in [5.74, 6) is -1.03. The molecule has 1 aromatic carbocycles. The number of carboxylic acid groups (broad SMARTS) is 1. The van der Waals surface area contributed by atoms with Crippen LogP contribution in [0.5, 0.6) is 0 Å². The Kier molecular flexibility index (Phi) is 3.47. The number of hydrogen-bond acceptors (Lipinski definition) is 3. The van der Waals surface area contributed by atoms with Gasteiger partial charge in [-0.25, -0.2) is 4.79 Å². The molecule has 15 heavy (non-hydrogen) atoms. The number of carboxylic acids is 1. The number of hydrogen-bond donors (Lipinski definition) is 2. The number of allylic oxidation sites excluding steroid dienone is 1. The first-order chi connectivity index (χ1) is 7.16. The van der Waals surface area contributed by atoms with Gasteiger partial charge in [-0.3, -0.25) is 0 Å². The van der Waals surface area contributed by atoms with Crippen LogP contribution in [0.3, 0.4) is 0 Å². The van der Waals surface area contributed by atoms with Crippen LogP contribution in [-0.2, 0) is 0 Å². The van der Waals surface area contributed by atoms with Crippen LogP contribution in [0.1, 0.15) is 22.3 Å². The lowest BCUT2D eigenvalue weighted by molar-refractivity contribution is 0.0696. The maximum Gasteiger partial charge on any atom is 0.336 e. The van der Waals surface area contributed by atoms with Crippen LogP contribution in [0, 0.1) is 11.3 Å². The summed E-state index contributed by atoms with van der Waals surface area (Å²) < 4.78 is 0. The number of nitrogens with two attached hydrogens (primary N) is 1. The van der Waals surface area contributed by atoms with Gasteiger partial charge in [0, 0.05) is 11.3 Å². The second-order valence-corrected chi connectivity index (χ2v) is 2.88. The lowest BCUT2D eigenvalue weighted by Gasteiger charge is -2.04. The molecule has 0 heterocycles. The van der Waals surface area contributed by atoms with Gasteiger partial charge in [-0.2, -0.15) is 5.26 Å². The number of anilines is 1. The molecule has 1 aromatic rings. The Morgan fingerprint density at radius 3 is 2.93 bits per heavy atom. The maximum atomic E-state index is 10.9. The monoisotopic (exact) mass is 202 g/mol. The van der Waals surface area contributed by atoms with Crippen molar-refractivity contribution in [3.63, 3.8) is 0 Å². The van der Waals surface area contributed by atoms with Gasteiger partial charge in [0.15, 0.2) is 0 Å². The van der Waals surface area contributed by atoms with Gasteiger partial charge in [0.1, 0.15) is 0 Å². The zero-order valence-corrected chi connectivity index (χ0v) is 7.97. The molecule has 0 aliphatic rings. The summed E-state index contributed by atoms with van der Waals surface area (Å²) in [6, 6.07) is 6.62. The van der Waals surface area contributed by atoms with Gasteiger partial charge in [-0.1, -0.05) is 18.2 Å². The number of benzene rings is 1. The summed E-state index contributed by atoms with van der Waals surface area (Å²) in [7, 11) is 0. The normalized spacial score (nSPS) is 10.1. The lowest BCUT2D eigenvalue weighted by atomic mass is 10.0. The summed E-state index contributed by atoms with van der Waals surface area (Å²) >= 11 is 0. The summed E-state index contributed by atoms with van der Waals surface area (Å²) in [4.78, 5) is 10.9. The quantitative estimate of drug-likeness (QED) is 0.732. The van der Waals surface area contributed by atoms with Crippen LogP contribution in [0.4, 0.5) is 5.69 Å². The molecule has 0 aliphatic heterocycles. The molecule has 0 saturated carbocycles. The second-order valence-electron chi connectivity index (χ2n) is 2.88. The number of nitrogens with zero attached hydrogens (tertiary/aromatic N) is 1. The minimum absolute atomic E-state index is 0.143. The van der Waals surface area contributed by atoms with Crippen LogP contribution in [0.15, 0.2) is 24.3 Å². The van der Waals surface area contributed by atoms with E-state index in [2.05, 4.69) is 0 Å². The Morgan fingerprint density at radius 2 is 2.33 bits per heavy atom. The molecule has 0 atom stereocenters. The third-order valence-electron chi connectivity index (χ3n) is 1.86. The predicted molar refractivity (Wildman–Crippen MR) is 57.1 cm³/mol. The van der Waals surface area contributed by atoms with E-state index in [1.807, 2.05) is 6.07 Å². The van der Waals surface area contributed by atoms with Crippen molar-refractivity contribution in [3.05, 3.63) is 35.4 Å². The van der Waals surface area contributed by atoms with Crippen molar-refractivity contribution in [2.45, 2.75) is 6.42 Å². The van der Waals surface area contributed by atoms with Crippen molar-refractivity contribution in [2.75, 3.05) is 5.73 Å². The first-order valence-electron chi connectivity index (χ1n) is 4.32. The van der Waals surface area contributed by atoms with Crippen molar-refractivity contribution in [2.24, 2.45) is 0 Å². The Hall–Kier alpha value is -2.28. The van der Waals surface area contributed by atoms with E-state index < -0.39 is 5.97 Å². The van der Waals surface area contributed by atoms with Gasteiger partial charge in [-0.15, -0.1) is 0 Å². The highest BCUT2D eigenvalue weighted by Gasteiger charge is 2.09. The van der Waals surface area contributed by atoms with Gasteiger partial charge >= 0.3 is 5.97 Å². The molecule has 0 bridgehead atoms. The molecule has 3 N–H and O–H groups in total. The Bertz CT molecular complexity index is 444. The Labute approximate surface area is 87.3 Å². The highest BCUT2D eigenvalue weighted by Crippen LogP contribution is 2.19. The Morgan fingerprint density at radius 1 is 1.60 bits per heavy atom. The van der Waals surface area contributed by atoms with Crippen LogP contribution >= 0.6 is 0 Å². The highest BCUT2D eigenvalue weighted by atomic mass is 16.4. The van der Waals surface area contributed by atoms with E-state index in [0.29, 0.717) is 11.3 Å². The average Bonchev–Trinajstić information content (AvgIpc) is 2.20. The predicted octanol–water partition coefficient (Wildman–Crippen LogP) is 1.89. The third kappa shape index (κ3) is 2.58. The summed E-state index contributed by atoms with van der Waals surface area (Å²) in [5.41, 5.74) is 6.62. The number of nitrogen functional groups attached to an aromatic ring is 1. The molecule has 1 rings (SSSR count). The van der Waals surface area contributed by atoms with Crippen molar-refractivity contribution in [1.82, 2.24) is 0 Å². The van der Waals surface area contributed by atoms with Crippen molar-refractivity contribution in [3.8, 4) is 6.07 Å². The topological polar surface area (TPSA) is 87.1 Å². The van der Waals surface area contributed by atoms with Gasteiger partial charge in [0.05, 0.1) is 18.1 Å². The van der Waals surface area contributed by atoms with Gasteiger partial charge in [0.2, 0.25) is 0 Å². The molecule has 0 aromatic heterocycles. The number of aromatic carboxylic acids is 1. The largest absolute Gasteiger partial charge is 0.478 e. The summed E-state index contributed by atoms with van der Waals surface area (Å²) in [6.45, 7) is 0. The van der Waals surface area contributed by atoms with E-state index >= 15 is 0 Å². The molecule has 4 nitrogen and oxygen atoms in total. The number of nitriles is 1. The highest BCUT2D eigenvalue weighted by molar-refractivity contribution is 5.94. The number of rotatable bonds is 3. The van der Waals surface area contributed by atoms with E-state index in [1.54, 1.807) is 24.3 Å². The van der Waals surface area contributed by atoms with Gasteiger partial charge in [-0.05, 0) is 12.1 Å². The van der Waals surface area contributed by atoms with E-state index in [9.17, 15) is 4.79 Å². The van der Waals surface area contributed by atoms with Crippen molar-refractivity contribution >= 4 is 17.7 Å². The molecule has 0 aliphatic carbocycles. The van der Waals surface area contributed by atoms with Crippen LogP contribution in [0.2, 0.25) is 0 Å². The van der Waals surface area contributed by atoms with Crippen LogP contribution in [-0.4, -0.2) is 11.1 Å². The van der Waals surface area contributed by atoms with Gasteiger partial charge in [0.25, 0.3) is 0 Å². The zero-order valence-electron chi connectivity index (χ0n) is 7.97. The zero-order chi connectivity index (χ0) is 11.3. The number of carbonyl (C=O) groups is 1. The first-order valence-corrected chi connectivity index (χ1v) is 4.32. The van der Waals surface area contributed by atoms with Crippen LogP contribution < -0.4 is 5.73 Å². The van der Waals surface area contributed by atoms with Crippen molar-refractivity contribution < 1.29 is 9.90 Å². The van der Waals surface area contributed by atoms with Crippen LogP contribution in [0.25, 0.3) is 6.08 Å². The summed E-state index contributed by atoms with van der Waals surface area (Å²) in [6.07, 6.45) is 3.37. The standard InChI is InChI=1S/C11H10N2O2/c12-7-2-1-4-8-9(11(14)15)5-3-6-10(8)13/h1,3-6H,2,13H2,(H,14,15). The molecule has 0 amide bonds. The lowest BCUT2D eigenvalue weighted by Crippen LogP contribution is -2.02.